The molecule has 2 aromatic carbocycles. The standard InChI is InChI=1S/C25H23Cl2F6N3O/c1-23(2,3)17-6-4-15(5-7-17)13-35(8-9-36-14-20(27)21(34-36)25(31,32)33)22(37)16-10-18(24(28,29)30)12-19(26)11-16/h4-7,10-12,14H,8-9,13H2,1-3H3. The van der Waals surface area contributed by atoms with Gasteiger partial charge in [0.05, 0.1) is 17.1 Å². The van der Waals surface area contributed by atoms with Gasteiger partial charge >= 0.3 is 12.4 Å². The largest absolute Gasteiger partial charge is 0.436 e. The zero-order chi connectivity index (χ0) is 27.8. The Morgan fingerprint density at radius 1 is 0.919 bits per heavy atom. The van der Waals surface area contributed by atoms with E-state index in [4.69, 9.17) is 23.2 Å². The highest BCUT2D eigenvalue weighted by Gasteiger charge is 2.37. The van der Waals surface area contributed by atoms with Crippen LogP contribution in [0.15, 0.2) is 48.7 Å². The van der Waals surface area contributed by atoms with Crippen LogP contribution in [0.2, 0.25) is 10.0 Å². The molecule has 3 aromatic rings. The van der Waals surface area contributed by atoms with Gasteiger partial charge in [0.2, 0.25) is 0 Å². The van der Waals surface area contributed by atoms with Crippen molar-refractivity contribution in [1.29, 1.82) is 0 Å². The van der Waals surface area contributed by atoms with Crippen molar-refractivity contribution >= 4 is 29.1 Å². The summed E-state index contributed by atoms with van der Waals surface area (Å²) in [6.45, 7) is 5.72. The van der Waals surface area contributed by atoms with E-state index in [2.05, 4.69) is 5.10 Å². The lowest BCUT2D eigenvalue weighted by Gasteiger charge is -2.24. The average Bonchev–Trinajstić information content (AvgIpc) is 3.16. The molecule has 0 spiro atoms. The molecule has 0 aliphatic rings. The van der Waals surface area contributed by atoms with Crippen LogP contribution in [-0.4, -0.2) is 27.1 Å². The highest BCUT2D eigenvalue weighted by atomic mass is 35.5. The molecule has 0 aliphatic heterocycles. The van der Waals surface area contributed by atoms with E-state index in [1.807, 2.05) is 32.9 Å². The van der Waals surface area contributed by atoms with Gasteiger partial charge in [-0.2, -0.15) is 31.4 Å². The number of alkyl halides is 6. The number of nitrogens with zero attached hydrogens (tertiary/aromatic N) is 3. The van der Waals surface area contributed by atoms with Crippen LogP contribution in [0.3, 0.4) is 0 Å². The van der Waals surface area contributed by atoms with Crippen LogP contribution in [0.5, 0.6) is 0 Å². The molecule has 3 rings (SSSR count). The van der Waals surface area contributed by atoms with Gasteiger partial charge in [-0.05, 0) is 34.7 Å². The molecule has 4 nitrogen and oxygen atoms in total. The van der Waals surface area contributed by atoms with Crippen molar-refractivity contribution in [3.8, 4) is 0 Å². The van der Waals surface area contributed by atoms with E-state index in [0.29, 0.717) is 17.7 Å². The average molecular weight is 566 g/mol. The Morgan fingerprint density at radius 3 is 2.05 bits per heavy atom. The summed E-state index contributed by atoms with van der Waals surface area (Å²) in [5.74, 6) is -0.776. The minimum Gasteiger partial charge on any atom is -0.332 e. The summed E-state index contributed by atoms with van der Waals surface area (Å²) >= 11 is 11.5. The smallest absolute Gasteiger partial charge is 0.332 e. The number of amides is 1. The van der Waals surface area contributed by atoms with E-state index in [1.54, 1.807) is 12.1 Å². The van der Waals surface area contributed by atoms with Gasteiger partial charge in [0.25, 0.3) is 5.91 Å². The third-order valence-corrected chi connectivity index (χ3v) is 6.03. The van der Waals surface area contributed by atoms with Crippen molar-refractivity contribution in [2.75, 3.05) is 6.54 Å². The van der Waals surface area contributed by atoms with Crippen LogP contribution in [0.25, 0.3) is 0 Å². The predicted octanol–water partition coefficient (Wildman–Crippen LogP) is 7.87. The number of hydrogen-bond acceptors (Lipinski definition) is 2. The number of aromatic nitrogens is 2. The topological polar surface area (TPSA) is 38.1 Å². The normalized spacial score (nSPS) is 12.6. The molecule has 12 heteroatoms. The van der Waals surface area contributed by atoms with Crippen molar-refractivity contribution in [3.63, 3.8) is 0 Å². The second-order valence-electron chi connectivity index (χ2n) is 9.49. The maximum Gasteiger partial charge on any atom is 0.436 e. The van der Waals surface area contributed by atoms with Crippen molar-refractivity contribution in [3.05, 3.63) is 86.7 Å². The number of carbonyl (C=O) groups is 1. The predicted molar refractivity (Wildman–Crippen MR) is 129 cm³/mol. The fraction of sp³-hybridized carbons (Fsp3) is 0.360. The first-order valence-electron chi connectivity index (χ1n) is 11.0. The van der Waals surface area contributed by atoms with Crippen LogP contribution in [0.4, 0.5) is 26.3 Å². The lowest BCUT2D eigenvalue weighted by Crippen LogP contribution is -2.34. The highest BCUT2D eigenvalue weighted by Crippen LogP contribution is 2.34. The molecule has 1 aromatic heterocycles. The summed E-state index contributed by atoms with van der Waals surface area (Å²) < 4.78 is 80.0. The Morgan fingerprint density at radius 2 is 1.54 bits per heavy atom. The highest BCUT2D eigenvalue weighted by molar-refractivity contribution is 6.31. The molecular weight excluding hydrogens is 543 g/mol. The summed E-state index contributed by atoms with van der Waals surface area (Å²) in [6, 6.07) is 9.83. The van der Waals surface area contributed by atoms with Crippen molar-refractivity contribution in [2.24, 2.45) is 0 Å². The van der Waals surface area contributed by atoms with Crippen molar-refractivity contribution < 1.29 is 31.1 Å². The molecule has 37 heavy (non-hydrogen) atoms. The van der Waals surface area contributed by atoms with Gasteiger partial charge < -0.3 is 4.90 Å². The fourth-order valence-electron chi connectivity index (χ4n) is 3.57. The molecule has 0 N–H and O–H groups in total. The van der Waals surface area contributed by atoms with E-state index in [1.165, 1.54) is 4.90 Å². The van der Waals surface area contributed by atoms with E-state index < -0.39 is 34.5 Å². The zero-order valence-corrected chi connectivity index (χ0v) is 21.5. The number of halogens is 8. The molecular formula is C25H23Cl2F6N3O. The van der Waals surface area contributed by atoms with E-state index in [9.17, 15) is 31.1 Å². The number of benzene rings is 2. The van der Waals surface area contributed by atoms with Gasteiger partial charge in [-0.15, -0.1) is 0 Å². The number of rotatable bonds is 6. The van der Waals surface area contributed by atoms with E-state index in [0.717, 1.165) is 22.5 Å². The summed E-state index contributed by atoms with van der Waals surface area (Å²) in [7, 11) is 0. The maximum absolute atomic E-state index is 13.3. The SMILES string of the molecule is CC(C)(C)c1ccc(CN(CCn2cc(Cl)c(C(F)(F)F)n2)C(=O)c2cc(Cl)cc(C(F)(F)F)c2)cc1. The third kappa shape index (κ3) is 7.41. The molecule has 1 amide bonds. The second-order valence-corrected chi connectivity index (χ2v) is 10.3. The van der Waals surface area contributed by atoms with Crippen LogP contribution in [-0.2, 0) is 30.9 Å². The molecule has 0 bridgehead atoms. The lowest BCUT2D eigenvalue weighted by molar-refractivity contribution is -0.141. The minimum atomic E-state index is -4.76. The molecule has 0 fully saturated rings. The number of carbonyl (C=O) groups excluding carboxylic acids is 1. The molecule has 1 heterocycles. The quantitative estimate of drug-likeness (QED) is 0.285. The van der Waals surface area contributed by atoms with Gasteiger partial charge in [-0.1, -0.05) is 68.2 Å². The first-order valence-corrected chi connectivity index (χ1v) is 11.8. The van der Waals surface area contributed by atoms with Crippen molar-refractivity contribution in [1.82, 2.24) is 14.7 Å². The molecule has 0 radical (unpaired) electrons. The van der Waals surface area contributed by atoms with Crippen LogP contribution in [0.1, 0.15) is 53.5 Å². The zero-order valence-electron chi connectivity index (χ0n) is 20.0. The molecule has 0 saturated carbocycles. The molecule has 0 saturated heterocycles. The molecule has 0 unspecified atom stereocenters. The molecule has 200 valence electrons. The summed E-state index contributed by atoms with van der Waals surface area (Å²) in [5, 5.41) is 2.56. The van der Waals surface area contributed by atoms with E-state index >= 15 is 0 Å². The van der Waals surface area contributed by atoms with Gasteiger partial charge in [0.15, 0.2) is 5.69 Å². The van der Waals surface area contributed by atoms with E-state index in [-0.39, 0.29) is 35.6 Å². The first kappa shape index (κ1) is 28.8. The third-order valence-electron chi connectivity index (χ3n) is 5.54. The van der Waals surface area contributed by atoms with Gasteiger partial charge in [-0.25, -0.2) is 0 Å². The van der Waals surface area contributed by atoms with Gasteiger partial charge in [-0.3, -0.25) is 9.48 Å². The van der Waals surface area contributed by atoms with Crippen molar-refractivity contribution in [2.45, 2.75) is 51.6 Å². The minimum absolute atomic E-state index is 0.0156. The Hall–Kier alpha value is -2.72. The fourth-order valence-corrected chi connectivity index (χ4v) is 4.06. The molecule has 0 atom stereocenters. The van der Waals surface area contributed by atoms with Crippen LogP contribution < -0.4 is 0 Å². The van der Waals surface area contributed by atoms with Crippen LogP contribution in [0, 0.1) is 0 Å². The van der Waals surface area contributed by atoms with Gasteiger partial charge in [0.1, 0.15) is 0 Å². The summed E-state index contributed by atoms with van der Waals surface area (Å²) in [5.41, 5.74) is -1.08. The number of hydrogen-bond donors (Lipinski definition) is 0. The summed E-state index contributed by atoms with van der Waals surface area (Å²) in [4.78, 5) is 14.5. The summed E-state index contributed by atoms with van der Waals surface area (Å²) in [6.07, 6.45) is -8.51. The molecule has 0 aliphatic carbocycles. The Kier molecular flexibility index (Phi) is 8.24. The first-order chi connectivity index (χ1) is 16.9. The van der Waals surface area contributed by atoms with Crippen LogP contribution >= 0.6 is 23.2 Å². The second kappa shape index (κ2) is 10.6. The lowest BCUT2D eigenvalue weighted by atomic mass is 9.87. The Labute approximate surface area is 219 Å². The monoisotopic (exact) mass is 565 g/mol. The van der Waals surface area contributed by atoms with Gasteiger partial charge in [0, 0.05) is 29.9 Å². The Bertz CT molecular complexity index is 1260. The maximum atomic E-state index is 13.3. The Balaban J connectivity index is 1.92.